The number of carbonyl (C=O) groups excluding carboxylic acids is 1. The van der Waals surface area contributed by atoms with Gasteiger partial charge in [0.2, 0.25) is 11.0 Å². The Morgan fingerprint density at radius 3 is 2.69 bits per heavy atom. The van der Waals surface area contributed by atoms with Crippen molar-refractivity contribution in [2.45, 2.75) is 39.0 Å². The summed E-state index contributed by atoms with van der Waals surface area (Å²) in [6.45, 7) is 4.34. The third-order valence-corrected chi connectivity index (χ3v) is 6.01. The van der Waals surface area contributed by atoms with Crippen molar-refractivity contribution in [1.29, 1.82) is 0 Å². The molecule has 0 saturated carbocycles. The first-order valence-electron chi connectivity index (χ1n) is 11.2. The summed E-state index contributed by atoms with van der Waals surface area (Å²) < 4.78 is 9.86. The van der Waals surface area contributed by atoms with Crippen LogP contribution in [0.2, 0.25) is 0 Å². The number of carbonyl (C=O) groups is 1. The van der Waals surface area contributed by atoms with Gasteiger partial charge in [0.25, 0.3) is 0 Å². The zero-order valence-electron chi connectivity index (χ0n) is 18.9. The molecule has 1 amide bonds. The SMILES string of the molecule is CCCCN(CCC(=O)NCCc1ccccc1)c1nc(Cc2cccc(OC)c2)ns1. The number of anilines is 1. The molecule has 0 saturated heterocycles. The van der Waals surface area contributed by atoms with Gasteiger partial charge in [0.1, 0.15) is 11.6 Å². The van der Waals surface area contributed by atoms with Crippen LogP contribution in [-0.4, -0.2) is 42.0 Å². The normalized spacial score (nSPS) is 10.7. The number of nitrogens with zero attached hydrogens (tertiary/aromatic N) is 3. The van der Waals surface area contributed by atoms with Gasteiger partial charge in [-0.2, -0.15) is 4.37 Å². The van der Waals surface area contributed by atoms with Gasteiger partial charge in [0.15, 0.2) is 0 Å². The maximum Gasteiger partial charge on any atom is 0.221 e. The summed E-state index contributed by atoms with van der Waals surface area (Å²) in [7, 11) is 1.67. The Bertz CT molecular complexity index is 961. The van der Waals surface area contributed by atoms with Crippen molar-refractivity contribution < 1.29 is 9.53 Å². The third kappa shape index (κ3) is 7.64. The maximum absolute atomic E-state index is 12.4. The zero-order valence-corrected chi connectivity index (χ0v) is 19.7. The van der Waals surface area contributed by atoms with Gasteiger partial charge in [-0.3, -0.25) is 4.79 Å². The molecule has 0 radical (unpaired) electrons. The molecule has 0 aliphatic rings. The lowest BCUT2D eigenvalue weighted by molar-refractivity contribution is -0.120. The molecule has 3 rings (SSSR count). The minimum absolute atomic E-state index is 0.0727. The van der Waals surface area contributed by atoms with E-state index >= 15 is 0 Å². The molecule has 0 bridgehead atoms. The number of methoxy groups -OCH3 is 1. The van der Waals surface area contributed by atoms with E-state index in [0.717, 1.165) is 48.1 Å². The number of hydrogen-bond donors (Lipinski definition) is 1. The van der Waals surface area contributed by atoms with Crippen LogP contribution in [0.5, 0.6) is 5.75 Å². The molecule has 1 N–H and O–H groups in total. The molecule has 3 aromatic rings. The summed E-state index contributed by atoms with van der Waals surface area (Å²) in [4.78, 5) is 19.3. The minimum Gasteiger partial charge on any atom is -0.497 e. The van der Waals surface area contributed by atoms with E-state index in [4.69, 9.17) is 9.72 Å². The Hall–Kier alpha value is -2.93. The largest absolute Gasteiger partial charge is 0.497 e. The molecule has 1 aromatic heterocycles. The van der Waals surface area contributed by atoms with E-state index in [1.54, 1.807) is 7.11 Å². The van der Waals surface area contributed by atoms with Crippen LogP contribution in [0.4, 0.5) is 5.13 Å². The molecule has 0 aliphatic heterocycles. The number of unbranched alkanes of at least 4 members (excludes halogenated alkanes) is 1. The second-order valence-electron chi connectivity index (χ2n) is 7.70. The van der Waals surface area contributed by atoms with Crippen LogP contribution in [0.15, 0.2) is 54.6 Å². The third-order valence-electron chi connectivity index (χ3n) is 5.19. The Morgan fingerprint density at radius 1 is 1.09 bits per heavy atom. The van der Waals surface area contributed by atoms with Gasteiger partial charge < -0.3 is 15.0 Å². The summed E-state index contributed by atoms with van der Waals surface area (Å²) in [5.41, 5.74) is 2.35. The average molecular weight is 453 g/mol. The lowest BCUT2D eigenvalue weighted by Crippen LogP contribution is -2.32. The average Bonchev–Trinajstić information content (AvgIpc) is 3.28. The molecule has 0 atom stereocenters. The molecule has 7 heteroatoms. The van der Waals surface area contributed by atoms with E-state index in [-0.39, 0.29) is 5.91 Å². The van der Waals surface area contributed by atoms with Gasteiger partial charge in [-0.25, -0.2) is 4.98 Å². The number of rotatable bonds is 13. The number of amides is 1. The fourth-order valence-corrected chi connectivity index (χ4v) is 4.11. The molecule has 170 valence electrons. The smallest absolute Gasteiger partial charge is 0.221 e. The lowest BCUT2D eigenvalue weighted by atomic mass is 10.1. The van der Waals surface area contributed by atoms with E-state index < -0.39 is 0 Å². The quantitative estimate of drug-likeness (QED) is 0.414. The van der Waals surface area contributed by atoms with Crippen molar-refractivity contribution in [1.82, 2.24) is 14.7 Å². The van der Waals surface area contributed by atoms with Crippen LogP contribution in [-0.2, 0) is 17.6 Å². The van der Waals surface area contributed by atoms with Gasteiger partial charge in [-0.05, 0) is 36.1 Å². The Morgan fingerprint density at radius 2 is 1.91 bits per heavy atom. The topological polar surface area (TPSA) is 67.4 Å². The minimum atomic E-state index is 0.0727. The predicted molar refractivity (Wildman–Crippen MR) is 131 cm³/mol. The van der Waals surface area contributed by atoms with E-state index in [1.807, 2.05) is 36.4 Å². The molecule has 1 heterocycles. The van der Waals surface area contributed by atoms with Gasteiger partial charge in [-0.15, -0.1) is 0 Å². The van der Waals surface area contributed by atoms with Crippen molar-refractivity contribution in [3.8, 4) is 5.75 Å². The van der Waals surface area contributed by atoms with Crippen LogP contribution >= 0.6 is 11.5 Å². The molecule has 2 aromatic carbocycles. The summed E-state index contributed by atoms with van der Waals surface area (Å²) in [6.07, 6.45) is 4.10. The highest BCUT2D eigenvalue weighted by Gasteiger charge is 2.14. The van der Waals surface area contributed by atoms with Gasteiger partial charge in [0.05, 0.1) is 7.11 Å². The van der Waals surface area contributed by atoms with Crippen LogP contribution < -0.4 is 15.0 Å². The van der Waals surface area contributed by atoms with E-state index in [9.17, 15) is 4.79 Å². The number of aromatic nitrogens is 2. The van der Waals surface area contributed by atoms with Crippen LogP contribution in [0.3, 0.4) is 0 Å². The molecule has 0 spiro atoms. The van der Waals surface area contributed by atoms with E-state index in [0.29, 0.717) is 25.9 Å². The number of benzene rings is 2. The highest BCUT2D eigenvalue weighted by Crippen LogP contribution is 2.21. The highest BCUT2D eigenvalue weighted by atomic mass is 32.1. The molecule has 0 aliphatic carbocycles. The summed E-state index contributed by atoms with van der Waals surface area (Å²) in [5.74, 6) is 1.71. The Balaban J connectivity index is 1.52. The van der Waals surface area contributed by atoms with E-state index in [1.165, 1.54) is 17.1 Å². The second-order valence-corrected chi connectivity index (χ2v) is 8.43. The first-order valence-corrected chi connectivity index (χ1v) is 12.0. The fourth-order valence-electron chi connectivity index (χ4n) is 3.38. The fraction of sp³-hybridized carbons (Fsp3) is 0.400. The number of hydrogen-bond acceptors (Lipinski definition) is 6. The monoisotopic (exact) mass is 452 g/mol. The van der Waals surface area contributed by atoms with Gasteiger partial charge in [0, 0.05) is 44.0 Å². The second kappa shape index (κ2) is 12.8. The predicted octanol–water partition coefficient (Wildman–Crippen LogP) is 4.49. The van der Waals surface area contributed by atoms with Crippen molar-refractivity contribution in [2.75, 3.05) is 31.6 Å². The number of ether oxygens (including phenoxy) is 1. The number of nitrogens with one attached hydrogen (secondary N) is 1. The lowest BCUT2D eigenvalue weighted by Gasteiger charge is -2.20. The van der Waals surface area contributed by atoms with Crippen LogP contribution in [0.25, 0.3) is 0 Å². The van der Waals surface area contributed by atoms with Crippen molar-refractivity contribution in [2.24, 2.45) is 0 Å². The van der Waals surface area contributed by atoms with Crippen LogP contribution in [0.1, 0.15) is 43.1 Å². The first kappa shape index (κ1) is 23.7. The zero-order chi connectivity index (χ0) is 22.6. The molecule has 0 unspecified atom stereocenters. The highest BCUT2D eigenvalue weighted by molar-refractivity contribution is 7.09. The summed E-state index contributed by atoms with van der Waals surface area (Å²) >= 11 is 1.41. The van der Waals surface area contributed by atoms with Crippen molar-refractivity contribution >= 4 is 22.6 Å². The standard InChI is InChI=1S/C25H32N4O2S/c1-3-4-16-29(17-14-24(30)26-15-13-20-9-6-5-7-10-20)25-27-23(28-32-25)19-21-11-8-12-22(18-21)31-2/h5-12,18H,3-4,13-17,19H2,1-2H3,(H,26,30). The summed E-state index contributed by atoms with van der Waals surface area (Å²) in [6, 6.07) is 18.2. The molecule has 0 fully saturated rings. The Labute approximate surface area is 194 Å². The molecular formula is C25H32N4O2S. The van der Waals surface area contributed by atoms with Crippen molar-refractivity contribution in [3.05, 3.63) is 71.5 Å². The molecular weight excluding hydrogens is 420 g/mol. The molecule has 32 heavy (non-hydrogen) atoms. The summed E-state index contributed by atoms with van der Waals surface area (Å²) in [5, 5.41) is 3.92. The Kier molecular flexibility index (Phi) is 9.50. The first-order chi connectivity index (χ1) is 15.7. The maximum atomic E-state index is 12.4. The van der Waals surface area contributed by atoms with Gasteiger partial charge in [-0.1, -0.05) is 55.8 Å². The van der Waals surface area contributed by atoms with Gasteiger partial charge >= 0.3 is 0 Å². The van der Waals surface area contributed by atoms with Crippen LogP contribution in [0, 0.1) is 0 Å². The molecule has 6 nitrogen and oxygen atoms in total. The van der Waals surface area contributed by atoms with E-state index in [2.05, 4.69) is 39.7 Å². The van der Waals surface area contributed by atoms with Crippen molar-refractivity contribution in [3.63, 3.8) is 0 Å².